The summed E-state index contributed by atoms with van der Waals surface area (Å²) >= 11 is 0. The third-order valence-electron chi connectivity index (χ3n) is 5.57. The van der Waals surface area contributed by atoms with E-state index in [1.54, 1.807) is 11.6 Å². The van der Waals surface area contributed by atoms with Crippen LogP contribution in [0.2, 0.25) is 0 Å². The molecule has 8 nitrogen and oxygen atoms in total. The van der Waals surface area contributed by atoms with Crippen molar-refractivity contribution in [3.05, 3.63) is 16.0 Å². The maximum atomic E-state index is 13.0. The second-order valence-corrected chi connectivity index (χ2v) is 8.33. The Labute approximate surface area is 158 Å². The van der Waals surface area contributed by atoms with Crippen LogP contribution in [0.3, 0.4) is 0 Å². The smallest absolute Gasteiger partial charge is 0.267 e. The molecule has 2 saturated heterocycles. The summed E-state index contributed by atoms with van der Waals surface area (Å²) in [5, 5.41) is 7.45. The van der Waals surface area contributed by atoms with Gasteiger partial charge in [0.25, 0.3) is 5.56 Å². The van der Waals surface area contributed by atoms with Gasteiger partial charge in [-0.15, -0.1) is 0 Å². The number of rotatable bonds is 1. The highest BCUT2D eigenvalue weighted by atomic mass is 16.5. The summed E-state index contributed by atoms with van der Waals surface area (Å²) in [6.45, 7) is 7.07. The second kappa shape index (κ2) is 6.36. The first kappa shape index (κ1) is 18.0. The Kier molecular flexibility index (Phi) is 4.24. The van der Waals surface area contributed by atoms with Crippen LogP contribution in [-0.2, 0) is 11.8 Å². The lowest BCUT2D eigenvalue weighted by molar-refractivity contribution is 0.133. The molecule has 2 aliphatic rings. The summed E-state index contributed by atoms with van der Waals surface area (Å²) in [6.07, 6.45) is 3.25. The minimum absolute atomic E-state index is 0.146. The molecule has 0 unspecified atom stereocenters. The van der Waals surface area contributed by atoms with Gasteiger partial charge >= 0.3 is 0 Å². The minimum Gasteiger partial charge on any atom is -0.381 e. The number of ether oxygens (including phenoxy) is 1. The maximum absolute atomic E-state index is 13.0. The van der Waals surface area contributed by atoms with Crippen molar-refractivity contribution in [1.82, 2.24) is 19.7 Å². The third kappa shape index (κ3) is 3.33. The van der Waals surface area contributed by atoms with Gasteiger partial charge < -0.3 is 15.4 Å². The van der Waals surface area contributed by atoms with E-state index in [0.29, 0.717) is 28.1 Å². The fourth-order valence-corrected chi connectivity index (χ4v) is 3.87. The molecule has 3 N–H and O–H groups in total. The lowest BCUT2D eigenvalue weighted by Crippen LogP contribution is -2.43. The van der Waals surface area contributed by atoms with E-state index in [2.05, 4.69) is 31.9 Å². The van der Waals surface area contributed by atoms with E-state index in [9.17, 15) is 4.79 Å². The van der Waals surface area contributed by atoms with Gasteiger partial charge in [0, 0.05) is 26.7 Å². The van der Waals surface area contributed by atoms with Gasteiger partial charge in [-0.2, -0.15) is 10.1 Å². The molecule has 0 bridgehead atoms. The highest BCUT2D eigenvalue weighted by Crippen LogP contribution is 2.39. The second-order valence-electron chi connectivity index (χ2n) is 8.33. The number of nitrogens with zero attached hydrogens (tertiary/aromatic N) is 4. The molecule has 0 aromatic carbocycles. The summed E-state index contributed by atoms with van der Waals surface area (Å²) in [7, 11) is 1.75. The minimum atomic E-state index is -0.655. The predicted molar refractivity (Wildman–Crippen MR) is 104 cm³/mol. The molecule has 27 heavy (non-hydrogen) atoms. The van der Waals surface area contributed by atoms with Gasteiger partial charge in [-0.05, 0) is 44.4 Å². The van der Waals surface area contributed by atoms with E-state index in [0.717, 1.165) is 45.6 Å². The fourth-order valence-electron chi connectivity index (χ4n) is 3.87. The number of nitrogens with one attached hydrogen (secondary N) is 1. The quantitative estimate of drug-likeness (QED) is 0.719. The van der Waals surface area contributed by atoms with Crippen LogP contribution >= 0.6 is 0 Å². The molecule has 4 rings (SSSR count). The molecule has 8 heteroatoms. The van der Waals surface area contributed by atoms with Gasteiger partial charge in [0.2, 0.25) is 5.95 Å². The average Bonchev–Trinajstić information content (AvgIpc) is 3.24. The number of H-pyrrole nitrogens is 1. The highest BCUT2D eigenvalue weighted by Gasteiger charge is 2.38. The van der Waals surface area contributed by atoms with Crippen molar-refractivity contribution < 1.29 is 4.74 Å². The van der Waals surface area contributed by atoms with Crippen LogP contribution < -0.4 is 16.2 Å². The third-order valence-corrected chi connectivity index (χ3v) is 5.57. The molecule has 0 amide bonds. The summed E-state index contributed by atoms with van der Waals surface area (Å²) in [5.74, 6) is 6.50. The molecular formula is C19H26N6O2. The number of piperidine rings is 1. The summed E-state index contributed by atoms with van der Waals surface area (Å²) in [4.78, 5) is 19.8. The first-order chi connectivity index (χ1) is 12.8. The monoisotopic (exact) mass is 370 g/mol. The van der Waals surface area contributed by atoms with Crippen LogP contribution in [0.5, 0.6) is 0 Å². The van der Waals surface area contributed by atoms with E-state index >= 15 is 0 Å². The number of nitrogens with two attached hydrogens (primary N) is 1. The Hall–Kier alpha value is -2.37. The fraction of sp³-hybridized carbons (Fsp3) is 0.632. The van der Waals surface area contributed by atoms with Gasteiger partial charge in [0.1, 0.15) is 11.1 Å². The number of anilines is 1. The Morgan fingerprint density at radius 2 is 2.04 bits per heavy atom. The van der Waals surface area contributed by atoms with Crippen molar-refractivity contribution in [2.24, 2.45) is 18.2 Å². The Balaban J connectivity index is 1.67. The SMILES string of the molecule is Cn1c(N2CCC3(CCOC3)CC2)nc2[nH]nc(C#CC(C)(C)N)c2c1=O. The van der Waals surface area contributed by atoms with E-state index in [4.69, 9.17) is 10.5 Å². The van der Waals surface area contributed by atoms with E-state index < -0.39 is 5.54 Å². The maximum Gasteiger partial charge on any atom is 0.267 e. The molecule has 0 radical (unpaired) electrons. The zero-order valence-electron chi connectivity index (χ0n) is 16.1. The molecule has 1 spiro atoms. The van der Waals surface area contributed by atoms with E-state index in [-0.39, 0.29) is 5.56 Å². The largest absolute Gasteiger partial charge is 0.381 e. The van der Waals surface area contributed by atoms with E-state index in [1.807, 2.05) is 13.8 Å². The molecule has 144 valence electrons. The highest BCUT2D eigenvalue weighted by molar-refractivity contribution is 5.81. The molecule has 0 atom stereocenters. The summed E-state index contributed by atoms with van der Waals surface area (Å²) in [5.41, 5.74) is 6.28. The molecule has 2 aliphatic heterocycles. The van der Waals surface area contributed by atoms with Gasteiger partial charge in [-0.3, -0.25) is 14.5 Å². The topological polar surface area (TPSA) is 102 Å². The van der Waals surface area contributed by atoms with Crippen LogP contribution in [0.25, 0.3) is 11.0 Å². The van der Waals surface area contributed by atoms with Crippen molar-refractivity contribution in [1.29, 1.82) is 0 Å². The average molecular weight is 370 g/mol. The van der Waals surface area contributed by atoms with Crippen LogP contribution in [0.15, 0.2) is 4.79 Å². The van der Waals surface area contributed by atoms with Gasteiger partial charge in [-0.1, -0.05) is 5.92 Å². The standard InChI is InChI=1S/C19H26N6O2/c1-18(2,20)5-4-13-14-15(23-22-13)21-17(24(3)16(14)26)25-9-6-19(7-10-25)8-11-27-12-19/h6-12,20H2,1-3H3,(H,22,23). The van der Waals surface area contributed by atoms with Crippen LogP contribution in [0.4, 0.5) is 5.95 Å². The number of fused-ring (bicyclic) bond motifs is 1. The Morgan fingerprint density at radius 1 is 1.30 bits per heavy atom. The Morgan fingerprint density at radius 3 is 2.67 bits per heavy atom. The summed E-state index contributed by atoms with van der Waals surface area (Å²) < 4.78 is 7.20. The van der Waals surface area contributed by atoms with Crippen molar-refractivity contribution in [3.63, 3.8) is 0 Å². The molecule has 2 aromatic heterocycles. The Bertz CT molecular complexity index is 972. The van der Waals surface area contributed by atoms with Crippen molar-refractivity contribution >= 4 is 17.0 Å². The van der Waals surface area contributed by atoms with Gasteiger partial charge in [-0.25, -0.2) is 0 Å². The molecular weight excluding hydrogens is 344 g/mol. The van der Waals surface area contributed by atoms with E-state index in [1.165, 1.54) is 0 Å². The predicted octanol–water partition coefficient (Wildman–Crippen LogP) is 0.752. The molecule has 0 aliphatic carbocycles. The van der Waals surface area contributed by atoms with Crippen molar-refractivity contribution in [2.75, 3.05) is 31.2 Å². The molecule has 2 aromatic rings. The molecule has 0 saturated carbocycles. The molecule has 4 heterocycles. The van der Waals surface area contributed by atoms with Crippen molar-refractivity contribution in [2.45, 2.75) is 38.6 Å². The summed E-state index contributed by atoms with van der Waals surface area (Å²) in [6, 6.07) is 0. The van der Waals surface area contributed by atoms with Gasteiger partial charge in [0.15, 0.2) is 5.65 Å². The number of hydrogen-bond acceptors (Lipinski definition) is 6. The lowest BCUT2D eigenvalue weighted by atomic mass is 9.78. The van der Waals surface area contributed by atoms with Crippen LogP contribution in [0, 0.1) is 17.3 Å². The van der Waals surface area contributed by atoms with Crippen LogP contribution in [0.1, 0.15) is 38.8 Å². The number of aromatic amines is 1. The number of aromatic nitrogens is 4. The van der Waals surface area contributed by atoms with Gasteiger partial charge in [0.05, 0.1) is 12.1 Å². The van der Waals surface area contributed by atoms with Crippen LogP contribution in [-0.4, -0.2) is 51.6 Å². The number of hydrogen-bond donors (Lipinski definition) is 2. The first-order valence-corrected chi connectivity index (χ1v) is 9.38. The first-order valence-electron chi connectivity index (χ1n) is 9.38. The lowest BCUT2D eigenvalue weighted by Gasteiger charge is -2.39. The zero-order valence-corrected chi connectivity index (χ0v) is 16.1. The zero-order chi connectivity index (χ0) is 19.2. The molecule has 2 fully saturated rings. The van der Waals surface area contributed by atoms with Crippen molar-refractivity contribution in [3.8, 4) is 11.8 Å². The normalized spacial score (nSPS) is 19.5.